The van der Waals surface area contributed by atoms with Crippen molar-refractivity contribution in [2.45, 2.75) is 6.04 Å². The van der Waals surface area contributed by atoms with E-state index in [1.54, 1.807) is 0 Å². The molecule has 0 heterocycles. The molecule has 13 heavy (non-hydrogen) atoms. The predicted molar refractivity (Wildman–Crippen MR) is 45.2 cm³/mol. The largest absolute Gasteiger partial charge is 0.383 e. The molecule has 0 spiro atoms. The van der Waals surface area contributed by atoms with Gasteiger partial charge in [0.25, 0.3) is 0 Å². The number of halogens is 2. The van der Waals surface area contributed by atoms with E-state index >= 15 is 0 Å². The van der Waals surface area contributed by atoms with Gasteiger partial charge in [-0.15, -0.1) is 0 Å². The first kappa shape index (κ1) is 10.1. The molecule has 1 atom stereocenters. The molecular formula is C9H11F2NO. The van der Waals surface area contributed by atoms with Gasteiger partial charge in [-0.25, -0.2) is 8.78 Å². The first-order valence-corrected chi connectivity index (χ1v) is 3.84. The first-order chi connectivity index (χ1) is 6.15. The molecule has 2 N–H and O–H groups in total. The van der Waals surface area contributed by atoms with Gasteiger partial charge in [0.2, 0.25) is 0 Å². The SMILES string of the molecule is COC[C@H](N)c1ccc(F)c(F)c1. The van der Waals surface area contributed by atoms with Gasteiger partial charge >= 0.3 is 0 Å². The minimum Gasteiger partial charge on any atom is -0.383 e. The molecule has 1 rings (SSSR count). The average molecular weight is 187 g/mol. The Hall–Kier alpha value is -1.00. The van der Waals surface area contributed by atoms with Gasteiger partial charge in [0, 0.05) is 7.11 Å². The number of ether oxygens (including phenoxy) is 1. The lowest BCUT2D eigenvalue weighted by Crippen LogP contribution is -2.16. The minimum atomic E-state index is -0.885. The van der Waals surface area contributed by atoms with E-state index in [2.05, 4.69) is 0 Å². The van der Waals surface area contributed by atoms with E-state index in [0.717, 1.165) is 12.1 Å². The summed E-state index contributed by atoms with van der Waals surface area (Å²) < 4.78 is 30.0. The van der Waals surface area contributed by atoms with Crippen molar-refractivity contribution in [1.29, 1.82) is 0 Å². The summed E-state index contributed by atoms with van der Waals surface area (Å²) >= 11 is 0. The molecule has 0 aromatic heterocycles. The fourth-order valence-corrected chi connectivity index (χ4v) is 1.02. The Morgan fingerprint density at radius 2 is 2.08 bits per heavy atom. The van der Waals surface area contributed by atoms with Crippen molar-refractivity contribution < 1.29 is 13.5 Å². The zero-order valence-corrected chi connectivity index (χ0v) is 7.26. The van der Waals surface area contributed by atoms with Gasteiger partial charge in [-0.2, -0.15) is 0 Å². The lowest BCUT2D eigenvalue weighted by Gasteiger charge is -2.10. The molecule has 72 valence electrons. The van der Waals surface area contributed by atoms with Gasteiger partial charge in [-0.3, -0.25) is 0 Å². The normalized spacial score (nSPS) is 12.9. The second kappa shape index (κ2) is 4.30. The lowest BCUT2D eigenvalue weighted by atomic mass is 10.1. The number of methoxy groups -OCH3 is 1. The Kier molecular flexibility index (Phi) is 3.33. The van der Waals surface area contributed by atoms with Crippen molar-refractivity contribution in [3.63, 3.8) is 0 Å². The molecule has 0 aliphatic heterocycles. The molecule has 0 amide bonds. The van der Waals surface area contributed by atoms with Gasteiger partial charge in [-0.1, -0.05) is 6.07 Å². The van der Waals surface area contributed by atoms with Crippen LogP contribution >= 0.6 is 0 Å². The molecule has 0 aliphatic carbocycles. The van der Waals surface area contributed by atoms with Crippen LogP contribution in [0.5, 0.6) is 0 Å². The molecular weight excluding hydrogens is 176 g/mol. The number of hydrogen-bond acceptors (Lipinski definition) is 2. The van der Waals surface area contributed by atoms with Crippen molar-refractivity contribution >= 4 is 0 Å². The highest BCUT2D eigenvalue weighted by molar-refractivity contribution is 5.20. The number of benzene rings is 1. The molecule has 0 radical (unpaired) electrons. The van der Waals surface area contributed by atoms with Gasteiger partial charge in [0.05, 0.1) is 12.6 Å². The van der Waals surface area contributed by atoms with E-state index in [4.69, 9.17) is 10.5 Å². The fraction of sp³-hybridized carbons (Fsp3) is 0.333. The van der Waals surface area contributed by atoms with Crippen molar-refractivity contribution in [1.82, 2.24) is 0 Å². The van der Waals surface area contributed by atoms with E-state index in [1.807, 2.05) is 0 Å². The maximum absolute atomic E-state index is 12.7. The second-order valence-electron chi connectivity index (χ2n) is 2.74. The van der Waals surface area contributed by atoms with Crippen LogP contribution in [0.4, 0.5) is 8.78 Å². The van der Waals surface area contributed by atoms with Crippen LogP contribution in [-0.2, 0) is 4.74 Å². The van der Waals surface area contributed by atoms with E-state index in [9.17, 15) is 8.78 Å². The van der Waals surface area contributed by atoms with Gasteiger partial charge in [0.1, 0.15) is 0 Å². The summed E-state index contributed by atoms with van der Waals surface area (Å²) in [5.74, 6) is -1.75. The third-order valence-electron chi connectivity index (χ3n) is 1.72. The van der Waals surface area contributed by atoms with Crippen molar-refractivity contribution in [3.8, 4) is 0 Å². The van der Waals surface area contributed by atoms with Gasteiger partial charge in [0.15, 0.2) is 11.6 Å². The zero-order chi connectivity index (χ0) is 9.84. The highest BCUT2D eigenvalue weighted by Crippen LogP contribution is 2.14. The molecule has 0 unspecified atom stereocenters. The molecule has 0 aliphatic rings. The molecule has 4 heteroatoms. The summed E-state index contributed by atoms with van der Waals surface area (Å²) in [4.78, 5) is 0. The Bertz CT molecular complexity index is 291. The van der Waals surface area contributed by atoms with E-state index in [-0.39, 0.29) is 6.61 Å². The van der Waals surface area contributed by atoms with Crippen LogP contribution in [0.25, 0.3) is 0 Å². The molecule has 1 aromatic rings. The molecule has 0 saturated heterocycles. The van der Waals surface area contributed by atoms with Crippen LogP contribution in [0.15, 0.2) is 18.2 Å². The third kappa shape index (κ3) is 2.47. The minimum absolute atomic E-state index is 0.283. The predicted octanol–water partition coefficient (Wildman–Crippen LogP) is 1.61. The summed E-state index contributed by atoms with van der Waals surface area (Å²) in [5.41, 5.74) is 6.14. The van der Waals surface area contributed by atoms with Crippen molar-refractivity contribution in [2.75, 3.05) is 13.7 Å². The Morgan fingerprint density at radius 3 is 2.62 bits per heavy atom. The van der Waals surface area contributed by atoms with E-state index in [1.165, 1.54) is 13.2 Å². The van der Waals surface area contributed by atoms with Crippen LogP contribution in [-0.4, -0.2) is 13.7 Å². The topological polar surface area (TPSA) is 35.2 Å². The summed E-state index contributed by atoms with van der Waals surface area (Å²) in [6.45, 7) is 0.283. The monoisotopic (exact) mass is 187 g/mol. The van der Waals surface area contributed by atoms with Crippen molar-refractivity contribution in [2.24, 2.45) is 5.73 Å². The summed E-state index contributed by atoms with van der Waals surface area (Å²) in [5, 5.41) is 0. The van der Waals surface area contributed by atoms with E-state index < -0.39 is 17.7 Å². The quantitative estimate of drug-likeness (QED) is 0.780. The smallest absolute Gasteiger partial charge is 0.159 e. The molecule has 0 fully saturated rings. The summed E-state index contributed by atoms with van der Waals surface area (Å²) in [6, 6.07) is 3.17. The van der Waals surface area contributed by atoms with Crippen LogP contribution < -0.4 is 5.73 Å². The lowest BCUT2D eigenvalue weighted by molar-refractivity contribution is 0.180. The highest BCUT2D eigenvalue weighted by Gasteiger charge is 2.08. The molecule has 2 nitrogen and oxygen atoms in total. The zero-order valence-electron chi connectivity index (χ0n) is 7.26. The fourth-order valence-electron chi connectivity index (χ4n) is 1.02. The van der Waals surface area contributed by atoms with Crippen LogP contribution in [0.3, 0.4) is 0 Å². The Labute approximate surface area is 75.3 Å². The van der Waals surface area contributed by atoms with Crippen LogP contribution in [0.2, 0.25) is 0 Å². The number of rotatable bonds is 3. The average Bonchev–Trinajstić information content (AvgIpc) is 2.10. The standard InChI is InChI=1S/C9H11F2NO/c1-13-5-9(12)6-2-3-7(10)8(11)4-6/h2-4,9H,5,12H2,1H3/t9-/m0/s1. The summed E-state index contributed by atoms with van der Waals surface area (Å²) in [7, 11) is 1.50. The second-order valence-corrected chi connectivity index (χ2v) is 2.74. The first-order valence-electron chi connectivity index (χ1n) is 3.84. The van der Waals surface area contributed by atoms with Gasteiger partial charge < -0.3 is 10.5 Å². The third-order valence-corrected chi connectivity index (χ3v) is 1.72. The maximum Gasteiger partial charge on any atom is 0.159 e. The molecule has 0 bridgehead atoms. The summed E-state index contributed by atoms with van der Waals surface area (Å²) in [6.07, 6.45) is 0. The molecule has 1 aromatic carbocycles. The maximum atomic E-state index is 12.7. The highest BCUT2D eigenvalue weighted by atomic mass is 19.2. The molecule has 0 saturated carbocycles. The number of hydrogen-bond donors (Lipinski definition) is 1. The van der Waals surface area contributed by atoms with Crippen molar-refractivity contribution in [3.05, 3.63) is 35.4 Å². The number of nitrogens with two attached hydrogens (primary N) is 1. The Morgan fingerprint density at radius 1 is 1.38 bits per heavy atom. The van der Waals surface area contributed by atoms with E-state index in [0.29, 0.717) is 5.56 Å². The van der Waals surface area contributed by atoms with Crippen LogP contribution in [0, 0.1) is 11.6 Å². The van der Waals surface area contributed by atoms with Crippen LogP contribution in [0.1, 0.15) is 11.6 Å². The Balaban J connectivity index is 2.84. The van der Waals surface area contributed by atoms with Gasteiger partial charge in [-0.05, 0) is 17.7 Å².